The first-order valence-electron chi connectivity index (χ1n) is 7.45. The van der Waals surface area contributed by atoms with Crippen molar-refractivity contribution in [1.29, 1.82) is 0 Å². The van der Waals surface area contributed by atoms with Gasteiger partial charge in [-0.25, -0.2) is 17.9 Å². The van der Waals surface area contributed by atoms with Crippen LogP contribution in [0, 0.1) is 5.92 Å². The van der Waals surface area contributed by atoms with Crippen molar-refractivity contribution in [1.82, 2.24) is 4.72 Å². The molecule has 1 saturated carbocycles. The zero-order valence-electron chi connectivity index (χ0n) is 12.9. The van der Waals surface area contributed by atoms with Crippen molar-refractivity contribution >= 4 is 39.2 Å². The quantitative estimate of drug-likeness (QED) is 0.566. The number of rotatable bonds is 7. The van der Waals surface area contributed by atoms with E-state index in [2.05, 4.69) is 4.72 Å². The van der Waals surface area contributed by atoms with Gasteiger partial charge in [0.15, 0.2) is 0 Å². The SMILES string of the molecule is O=C(OC[C@@H]1CC1(Cl)Cl)c1ccc(S(=O)(=O)NCc2ccco2)cc1. The lowest BCUT2D eigenvalue weighted by molar-refractivity contribution is 0.0485. The third-order valence-corrected chi connectivity index (χ3v) is 6.13. The molecule has 0 amide bonds. The molecular weight excluding hydrogens is 389 g/mol. The van der Waals surface area contributed by atoms with E-state index in [-0.39, 0.29) is 29.5 Å². The lowest BCUT2D eigenvalue weighted by atomic mass is 10.2. The van der Waals surface area contributed by atoms with Crippen LogP contribution in [0.15, 0.2) is 52.0 Å². The minimum absolute atomic E-state index is 0.0401. The summed E-state index contributed by atoms with van der Waals surface area (Å²) in [6, 6.07) is 8.80. The fourth-order valence-electron chi connectivity index (χ4n) is 2.14. The minimum Gasteiger partial charge on any atom is -0.468 e. The van der Waals surface area contributed by atoms with Crippen molar-refractivity contribution in [3.63, 3.8) is 0 Å². The molecule has 3 rings (SSSR count). The highest BCUT2D eigenvalue weighted by molar-refractivity contribution is 7.89. The third-order valence-electron chi connectivity index (χ3n) is 3.79. The number of benzene rings is 1. The Hall–Kier alpha value is -1.54. The summed E-state index contributed by atoms with van der Waals surface area (Å²) in [5.74, 6) is -0.118. The van der Waals surface area contributed by atoms with Crippen molar-refractivity contribution in [3.8, 4) is 0 Å². The molecule has 0 saturated heterocycles. The van der Waals surface area contributed by atoms with E-state index in [9.17, 15) is 13.2 Å². The summed E-state index contributed by atoms with van der Waals surface area (Å²) in [5, 5.41) is 0. The van der Waals surface area contributed by atoms with E-state index in [4.69, 9.17) is 32.4 Å². The Balaban J connectivity index is 1.58. The maximum absolute atomic E-state index is 12.2. The molecule has 0 radical (unpaired) electrons. The second-order valence-corrected chi connectivity index (χ2v) is 9.00. The van der Waals surface area contributed by atoms with Gasteiger partial charge in [-0.15, -0.1) is 23.2 Å². The molecule has 0 unspecified atom stereocenters. The van der Waals surface area contributed by atoms with Gasteiger partial charge in [0.25, 0.3) is 0 Å². The Morgan fingerprint density at radius 1 is 1.28 bits per heavy atom. The molecule has 1 N–H and O–H groups in total. The average Bonchev–Trinajstić information content (AvgIpc) is 2.98. The molecule has 1 aromatic heterocycles. The zero-order valence-corrected chi connectivity index (χ0v) is 15.3. The summed E-state index contributed by atoms with van der Waals surface area (Å²) in [6.07, 6.45) is 2.05. The summed E-state index contributed by atoms with van der Waals surface area (Å²) < 4.78 is 36.2. The van der Waals surface area contributed by atoms with E-state index in [1.807, 2.05) is 0 Å². The topological polar surface area (TPSA) is 85.6 Å². The van der Waals surface area contributed by atoms with Crippen LogP contribution in [-0.4, -0.2) is 25.3 Å². The zero-order chi connectivity index (χ0) is 18.1. The monoisotopic (exact) mass is 403 g/mol. The van der Waals surface area contributed by atoms with Crippen LogP contribution in [-0.2, 0) is 21.3 Å². The van der Waals surface area contributed by atoms with Crippen molar-refractivity contribution < 1.29 is 22.4 Å². The number of halogens is 2. The normalized spacial score (nSPS) is 18.7. The van der Waals surface area contributed by atoms with Crippen LogP contribution in [0.4, 0.5) is 0 Å². The first-order chi connectivity index (χ1) is 11.8. The van der Waals surface area contributed by atoms with Crippen molar-refractivity contribution in [2.75, 3.05) is 6.61 Å². The summed E-state index contributed by atoms with van der Waals surface area (Å²) in [6.45, 7) is 0.176. The Morgan fingerprint density at radius 2 is 1.96 bits per heavy atom. The first kappa shape index (κ1) is 18.3. The van der Waals surface area contributed by atoms with E-state index in [0.29, 0.717) is 12.2 Å². The Bertz CT molecular complexity index is 847. The number of nitrogens with one attached hydrogen (secondary N) is 1. The first-order valence-corrected chi connectivity index (χ1v) is 9.69. The Kier molecular flexibility index (Phi) is 5.11. The molecule has 6 nitrogen and oxygen atoms in total. The van der Waals surface area contributed by atoms with Crippen LogP contribution in [0.25, 0.3) is 0 Å². The van der Waals surface area contributed by atoms with Gasteiger partial charge >= 0.3 is 5.97 Å². The van der Waals surface area contributed by atoms with Gasteiger partial charge in [-0.05, 0) is 42.8 Å². The number of sulfonamides is 1. The predicted octanol–water partition coefficient (Wildman–Crippen LogP) is 3.11. The maximum atomic E-state index is 12.2. The van der Waals surface area contributed by atoms with Gasteiger partial charge in [0.1, 0.15) is 10.1 Å². The smallest absolute Gasteiger partial charge is 0.338 e. The van der Waals surface area contributed by atoms with E-state index in [1.54, 1.807) is 12.1 Å². The largest absolute Gasteiger partial charge is 0.468 e. The third kappa shape index (κ3) is 4.55. The second-order valence-electron chi connectivity index (χ2n) is 5.69. The molecule has 1 aliphatic rings. The highest BCUT2D eigenvalue weighted by atomic mass is 35.5. The van der Waals surface area contributed by atoms with Crippen molar-refractivity contribution in [2.24, 2.45) is 5.92 Å². The molecule has 1 heterocycles. The number of ether oxygens (including phenoxy) is 1. The molecule has 1 atom stereocenters. The average molecular weight is 404 g/mol. The number of hydrogen-bond acceptors (Lipinski definition) is 5. The van der Waals surface area contributed by atoms with Gasteiger partial charge in [0, 0.05) is 5.92 Å². The molecule has 0 bridgehead atoms. The van der Waals surface area contributed by atoms with E-state index in [0.717, 1.165) is 0 Å². The number of furan rings is 1. The van der Waals surface area contributed by atoms with E-state index in [1.165, 1.54) is 30.5 Å². The number of esters is 1. The van der Waals surface area contributed by atoms with Crippen LogP contribution in [0.5, 0.6) is 0 Å². The van der Waals surface area contributed by atoms with E-state index < -0.39 is 20.3 Å². The summed E-state index contributed by atoms with van der Waals surface area (Å²) >= 11 is 11.7. The highest BCUT2D eigenvalue weighted by Crippen LogP contribution is 2.53. The van der Waals surface area contributed by atoms with Gasteiger partial charge in [-0.1, -0.05) is 0 Å². The van der Waals surface area contributed by atoms with Gasteiger partial charge < -0.3 is 9.15 Å². The van der Waals surface area contributed by atoms with Gasteiger partial charge in [-0.3, -0.25) is 0 Å². The van der Waals surface area contributed by atoms with Crippen molar-refractivity contribution in [3.05, 3.63) is 54.0 Å². The molecule has 1 aliphatic carbocycles. The molecule has 1 fully saturated rings. The minimum atomic E-state index is -3.71. The summed E-state index contributed by atoms with van der Waals surface area (Å²) in [5.41, 5.74) is 0.250. The van der Waals surface area contributed by atoms with Gasteiger partial charge in [0.2, 0.25) is 10.0 Å². The number of alkyl halides is 2. The fourth-order valence-corrected chi connectivity index (χ4v) is 3.63. The van der Waals surface area contributed by atoms with Crippen LogP contribution < -0.4 is 4.72 Å². The number of hydrogen-bond donors (Lipinski definition) is 1. The fraction of sp³-hybridized carbons (Fsp3) is 0.312. The molecule has 134 valence electrons. The lowest BCUT2D eigenvalue weighted by Crippen LogP contribution is -2.23. The van der Waals surface area contributed by atoms with Gasteiger partial charge in [0.05, 0.1) is 29.9 Å². The lowest BCUT2D eigenvalue weighted by Gasteiger charge is -2.07. The molecule has 1 aromatic carbocycles. The standard InChI is InChI=1S/C16H15Cl2NO5S/c17-16(18)8-12(16)10-24-15(20)11-3-5-14(6-4-11)25(21,22)19-9-13-2-1-7-23-13/h1-7,12,19H,8-10H2/t12-/m0/s1. The molecule has 25 heavy (non-hydrogen) atoms. The van der Waals surface area contributed by atoms with Gasteiger partial charge in [-0.2, -0.15) is 0 Å². The maximum Gasteiger partial charge on any atom is 0.338 e. The highest BCUT2D eigenvalue weighted by Gasteiger charge is 2.52. The van der Waals surface area contributed by atoms with Crippen molar-refractivity contribution in [2.45, 2.75) is 22.2 Å². The molecule has 9 heteroatoms. The Labute approximate surface area is 155 Å². The van der Waals surface area contributed by atoms with Crippen LogP contribution in [0.1, 0.15) is 22.5 Å². The number of carbonyl (C=O) groups excluding carboxylic acids is 1. The van der Waals surface area contributed by atoms with Crippen LogP contribution in [0.2, 0.25) is 0 Å². The van der Waals surface area contributed by atoms with Crippen LogP contribution >= 0.6 is 23.2 Å². The molecule has 0 spiro atoms. The summed E-state index contributed by atoms with van der Waals surface area (Å²) in [7, 11) is -3.71. The molecule has 0 aliphatic heterocycles. The summed E-state index contributed by atoms with van der Waals surface area (Å²) in [4.78, 5) is 12.0. The Morgan fingerprint density at radius 3 is 2.52 bits per heavy atom. The van der Waals surface area contributed by atoms with Crippen LogP contribution in [0.3, 0.4) is 0 Å². The number of carbonyl (C=O) groups is 1. The molecule has 2 aromatic rings. The molecular formula is C16H15Cl2NO5S. The van der Waals surface area contributed by atoms with E-state index >= 15 is 0 Å². The predicted molar refractivity (Wildman–Crippen MR) is 92.0 cm³/mol. The second kappa shape index (κ2) is 6.99.